The average molecular weight is 736 g/mol. The van der Waals surface area contributed by atoms with E-state index in [-0.39, 0.29) is 81.8 Å². The second-order valence-corrected chi connectivity index (χ2v) is 14.4. The van der Waals surface area contributed by atoms with Crippen LogP contribution >= 0.6 is 0 Å². The summed E-state index contributed by atoms with van der Waals surface area (Å²) in [6.45, 7) is -0.00670. The summed E-state index contributed by atoms with van der Waals surface area (Å²) in [5.41, 5.74) is -2.69. The maximum absolute atomic E-state index is 14.6. The van der Waals surface area contributed by atoms with Gasteiger partial charge in [-0.1, -0.05) is 0 Å². The Morgan fingerprint density at radius 3 is 2.36 bits per heavy atom. The predicted molar refractivity (Wildman–Crippen MR) is 178 cm³/mol. The van der Waals surface area contributed by atoms with Crippen LogP contribution in [-0.4, -0.2) is 60.6 Å². The van der Waals surface area contributed by atoms with Crippen LogP contribution in [-0.2, 0) is 37.3 Å². The van der Waals surface area contributed by atoms with Crippen molar-refractivity contribution in [1.82, 2.24) is 30.0 Å². The van der Waals surface area contributed by atoms with Crippen molar-refractivity contribution in [1.29, 1.82) is 5.26 Å². The Kier molecular flexibility index (Phi) is 7.84. The number of pyridine rings is 1. The van der Waals surface area contributed by atoms with E-state index in [2.05, 4.69) is 31.9 Å². The number of benzene rings is 2. The monoisotopic (exact) mass is 735 g/mol. The first-order valence-corrected chi connectivity index (χ1v) is 16.9. The van der Waals surface area contributed by atoms with E-state index < -0.39 is 41.5 Å². The SMILES string of the molecule is Cn1cnnc1-c1ccc(C(F)(F)F)cc1-c1cc(NC2(CC#N)CC2)nc(N2Cc3c(cc(CN4CC(=O)NC5(CC5)C4)cc3C(F)(F)F)C2=O)c1. The molecule has 8 rings (SSSR count). The first-order valence-electron chi connectivity index (χ1n) is 16.9. The molecule has 0 radical (unpaired) electrons. The lowest BCUT2D eigenvalue weighted by Crippen LogP contribution is -2.55. The molecule has 0 bridgehead atoms. The number of nitrogens with one attached hydrogen (secondary N) is 2. The molecule has 2 aromatic heterocycles. The molecule has 2 aliphatic heterocycles. The molecule has 274 valence electrons. The lowest BCUT2D eigenvalue weighted by atomic mass is 9.96. The van der Waals surface area contributed by atoms with Gasteiger partial charge in [-0.3, -0.25) is 19.4 Å². The van der Waals surface area contributed by atoms with Crippen molar-refractivity contribution >= 4 is 23.5 Å². The van der Waals surface area contributed by atoms with Gasteiger partial charge in [-0.25, -0.2) is 4.98 Å². The van der Waals surface area contributed by atoms with Crippen LogP contribution in [0.1, 0.15) is 64.7 Å². The molecule has 1 spiro atoms. The Balaban J connectivity index is 1.22. The van der Waals surface area contributed by atoms with Gasteiger partial charge in [0.15, 0.2) is 5.82 Å². The number of alkyl halides is 6. The van der Waals surface area contributed by atoms with E-state index in [1.165, 1.54) is 35.2 Å². The van der Waals surface area contributed by atoms with Gasteiger partial charge in [-0.15, -0.1) is 10.2 Å². The smallest absolute Gasteiger partial charge is 0.364 e. The summed E-state index contributed by atoms with van der Waals surface area (Å²) in [5.74, 6) is -0.707. The summed E-state index contributed by atoms with van der Waals surface area (Å²) in [7, 11) is 1.62. The maximum Gasteiger partial charge on any atom is 0.416 e. The molecule has 2 aliphatic carbocycles. The molecule has 0 atom stereocenters. The Hall–Kier alpha value is -5.50. The van der Waals surface area contributed by atoms with E-state index in [0.29, 0.717) is 19.4 Å². The van der Waals surface area contributed by atoms with Crippen LogP contribution in [0.25, 0.3) is 22.5 Å². The van der Waals surface area contributed by atoms with E-state index in [9.17, 15) is 41.2 Å². The van der Waals surface area contributed by atoms with Gasteiger partial charge in [-0.05, 0) is 90.4 Å². The molecular weight excluding hydrogens is 704 g/mol. The number of aryl methyl sites for hydroxylation is 1. The molecule has 53 heavy (non-hydrogen) atoms. The van der Waals surface area contributed by atoms with Crippen LogP contribution in [0.3, 0.4) is 0 Å². The average Bonchev–Trinajstić information content (AvgIpc) is 3.93. The molecule has 11 nitrogen and oxygen atoms in total. The zero-order valence-corrected chi connectivity index (χ0v) is 28.2. The van der Waals surface area contributed by atoms with Crippen LogP contribution in [0.5, 0.6) is 0 Å². The molecule has 2 amide bonds. The molecule has 2 saturated carbocycles. The summed E-state index contributed by atoms with van der Waals surface area (Å²) in [6.07, 6.45) is -5.27. The van der Waals surface area contributed by atoms with Gasteiger partial charge < -0.3 is 15.2 Å². The topological polar surface area (TPSA) is 132 Å². The van der Waals surface area contributed by atoms with Crippen LogP contribution in [0.2, 0.25) is 0 Å². The van der Waals surface area contributed by atoms with E-state index in [1.807, 2.05) is 0 Å². The van der Waals surface area contributed by atoms with Crippen molar-refractivity contribution in [2.24, 2.45) is 7.05 Å². The number of amides is 2. The Morgan fingerprint density at radius 1 is 0.943 bits per heavy atom. The van der Waals surface area contributed by atoms with Crippen LogP contribution in [0.15, 0.2) is 48.8 Å². The fourth-order valence-corrected chi connectivity index (χ4v) is 7.34. The number of aromatic nitrogens is 4. The lowest BCUT2D eigenvalue weighted by Gasteiger charge is -2.33. The summed E-state index contributed by atoms with van der Waals surface area (Å²) in [6, 6.07) is 10.5. The highest BCUT2D eigenvalue weighted by molar-refractivity contribution is 6.10. The summed E-state index contributed by atoms with van der Waals surface area (Å²) in [4.78, 5) is 33.9. The number of carbonyl (C=O) groups excluding carboxylic acids is 2. The zero-order valence-electron chi connectivity index (χ0n) is 28.2. The van der Waals surface area contributed by atoms with Gasteiger partial charge in [0.25, 0.3) is 5.91 Å². The van der Waals surface area contributed by atoms with E-state index in [1.54, 1.807) is 11.9 Å². The number of carbonyl (C=O) groups is 2. The minimum atomic E-state index is -4.83. The number of piperazine rings is 1. The number of nitrogens with zero attached hydrogens (tertiary/aromatic N) is 7. The lowest BCUT2D eigenvalue weighted by molar-refractivity contribution is -0.138. The van der Waals surface area contributed by atoms with Crippen molar-refractivity contribution in [3.05, 3.63) is 76.6 Å². The number of hydrogen-bond donors (Lipinski definition) is 2. The first kappa shape index (κ1) is 34.6. The number of rotatable bonds is 8. The molecule has 2 N–H and O–H groups in total. The minimum Gasteiger partial charge on any atom is -0.364 e. The molecule has 17 heteroatoms. The number of hydrogen-bond acceptors (Lipinski definition) is 8. The molecule has 2 aromatic carbocycles. The molecule has 3 fully saturated rings. The number of fused-ring (bicyclic) bond motifs is 1. The van der Waals surface area contributed by atoms with Gasteiger partial charge in [0, 0.05) is 31.3 Å². The van der Waals surface area contributed by atoms with Gasteiger partial charge in [0.2, 0.25) is 5.91 Å². The highest BCUT2D eigenvalue weighted by atomic mass is 19.4. The van der Waals surface area contributed by atoms with Crippen LogP contribution in [0.4, 0.5) is 38.0 Å². The van der Waals surface area contributed by atoms with E-state index in [4.69, 9.17) is 0 Å². The van der Waals surface area contributed by atoms with Crippen molar-refractivity contribution < 1.29 is 35.9 Å². The maximum atomic E-state index is 14.6. The summed E-state index contributed by atoms with van der Waals surface area (Å²) < 4.78 is 87.7. The third-order valence-electron chi connectivity index (χ3n) is 10.3. The quantitative estimate of drug-likeness (QED) is 0.209. The fourth-order valence-electron chi connectivity index (χ4n) is 7.34. The molecule has 4 aromatic rings. The number of anilines is 2. The van der Waals surface area contributed by atoms with Gasteiger partial charge >= 0.3 is 12.4 Å². The highest BCUT2D eigenvalue weighted by Gasteiger charge is 2.48. The predicted octanol–water partition coefficient (Wildman–Crippen LogP) is 6.06. The Morgan fingerprint density at radius 2 is 1.72 bits per heavy atom. The summed E-state index contributed by atoms with van der Waals surface area (Å²) >= 11 is 0. The Labute approximate surface area is 298 Å². The molecule has 4 heterocycles. The van der Waals surface area contributed by atoms with Gasteiger partial charge in [0.05, 0.1) is 47.8 Å². The van der Waals surface area contributed by atoms with Crippen molar-refractivity contribution in [3.8, 4) is 28.6 Å². The minimum absolute atomic E-state index is 0.00586. The third kappa shape index (κ3) is 6.56. The number of nitriles is 1. The molecule has 4 aliphatic rings. The molecular formula is C36H31F6N9O2. The third-order valence-corrected chi connectivity index (χ3v) is 10.3. The normalized spacial score (nSPS) is 18.9. The van der Waals surface area contributed by atoms with Crippen LogP contribution < -0.4 is 15.5 Å². The second kappa shape index (κ2) is 12.0. The van der Waals surface area contributed by atoms with E-state index >= 15 is 0 Å². The van der Waals surface area contributed by atoms with Crippen molar-refractivity contribution in [2.75, 3.05) is 23.3 Å². The zero-order chi connectivity index (χ0) is 37.5. The second-order valence-electron chi connectivity index (χ2n) is 14.4. The van der Waals surface area contributed by atoms with Gasteiger partial charge in [-0.2, -0.15) is 31.6 Å². The fraction of sp³-hybridized carbons (Fsp3) is 0.389. The molecule has 0 unspecified atom stereocenters. The van der Waals surface area contributed by atoms with E-state index in [0.717, 1.165) is 35.9 Å². The largest absolute Gasteiger partial charge is 0.416 e. The standard InChI is InChI=1S/C36H31F6N9O2/c1-49-19-44-48-31(49)23-3-2-22(35(37,38)39)14-24(23)21-12-28(46-33(4-5-33)8-9-43)45-29(13-21)51-16-26-25(32(51)53)10-20(11-27(26)36(40,41)42)15-50-17-30(52)47-34(18-50)6-7-34/h2-3,10-14,19H,4-8,15-18H2,1H3,(H,45,46)(H,47,52). The van der Waals surface area contributed by atoms with Crippen molar-refractivity contribution in [2.45, 2.75) is 68.6 Å². The highest BCUT2D eigenvalue weighted by Crippen LogP contribution is 2.45. The summed E-state index contributed by atoms with van der Waals surface area (Å²) in [5, 5.41) is 23.6. The molecule has 1 saturated heterocycles. The first-order chi connectivity index (χ1) is 25.1. The van der Waals surface area contributed by atoms with Gasteiger partial charge in [0.1, 0.15) is 18.0 Å². The van der Waals surface area contributed by atoms with Crippen LogP contribution in [0, 0.1) is 11.3 Å². The Bertz CT molecular complexity index is 2220. The number of halogens is 6. The van der Waals surface area contributed by atoms with Crippen molar-refractivity contribution in [3.63, 3.8) is 0 Å².